The second-order valence-corrected chi connectivity index (χ2v) is 4.42. The first-order valence-corrected chi connectivity index (χ1v) is 6.21. The molecule has 0 atom stereocenters. The Balaban J connectivity index is 2.90. The summed E-state index contributed by atoms with van der Waals surface area (Å²) in [7, 11) is 3.69. The lowest BCUT2D eigenvalue weighted by molar-refractivity contribution is -0.115. The van der Waals surface area contributed by atoms with Crippen molar-refractivity contribution in [2.24, 2.45) is 4.99 Å². The molecule has 6 heteroatoms. The number of nitrogens with one attached hydrogen (secondary N) is 1. The lowest BCUT2D eigenvalue weighted by Crippen LogP contribution is -2.11. The van der Waals surface area contributed by atoms with Crippen molar-refractivity contribution in [3.63, 3.8) is 0 Å². The van der Waals surface area contributed by atoms with Gasteiger partial charge < -0.3 is 10.2 Å². The summed E-state index contributed by atoms with van der Waals surface area (Å²) in [4.78, 5) is 17.4. The topological polar surface area (TPSA) is 68.5 Å². The van der Waals surface area contributed by atoms with Gasteiger partial charge in [0.15, 0.2) is 0 Å². The van der Waals surface area contributed by atoms with Gasteiger partial charge in [0, 0.05) is 32.1 Å². The first-order valence-electron chi connectivity index (χ1n) is 5.67. The molecule has 0 fully saturated rings. The Labute approximate surface area is 117 Å². The number of carbonyl (C=O) groups is 1. The summed E-state index contributed by atoms with van der Waals surface area (Å²) in [6.07, 6.45) is 1.85. The van der Waals surface area contributed by atoms with E-state index in [0.717, 1.165) is 0 Å². The van der Waals surface area contributed by atoms with E-state index in [1.165, 1.54) is 0 Å². The van der Waals surface area contributed by atoms with Gasteiger partial charge in [-0.1, -0.05) is 0 Å². The zero-order valence-electron chi connectivity index (χ0n) is 10.9. The Morgan fingerprint density at radius 3 is 2.89 bits per heavy atom. The summed E-state index contributed by atoms with van der Waals surface area (Å²) >= 11 is 5.48. The van der Waals surface area contributed by atoms with Crippen LogP contribution in [0.4, 0.5) is 11.4 Å². The molecule has 0 bridgehead atoms. The maximum atomic E-state index is 11.4. The van der Waals surface area contributed by atoms with Crippen LogP contribution in [0, 0.1) is 11.3 Å². The number of alkyl halides is 1. The fraction of sp³-hybridized carbons (Fsp3) is 0.308. The average Bonchev–Trinajstić information content (AvgIpc) is 2.37. The Morgan fingerprint density at radius 1 is 1.58 bits per heavy atom. The molecule has 1 aromatic carbocycles. The number of nitrogens with zero attached hydrogens (tertiary/aromatic N) is 3. The third kappa shape index (κ3) is 4.98. The summed E-state index contributed by atoms with van der Waals surface area (Å²) in [5.74, 6) is 0.0886. The lowest BCUT2D eigenvalue weighted by Gasteiger charge is -2.07. The molecule has 0 aromatic heterocycles. The van der Waals surface area contributed by atoms with Gasteiger partial charge in [0.05, 0.1) is 17.6 Å². The highest BCUT2D eigenvalue weighted by atomic mass is 35.5. The number of carbonyl (C=O) groups excluding carboxylic acids is 1. The molecule has 19 heavy (non-hydrogen) atoms. The normalized spacial score (nSPS) is 10.2. The zero-order valence-corrected chi connectivity index (χ0v) is 11.6. The van der Waals surface area contributed by atoms with Gasteiger partial charge in [0.25, 0.3) is 0 Å². The maximum Gasteiger partial charge on any atom is 0.225 e. The molecule has 0 unspecified atom stereocenters. The molecular formula is C13H15ClN4O. The number of amides is 1. The van der Waals surface area contributed by atoms with Crippen LogP contribution in [0.3, 0.4) is 0 Å². The van der Waals surface area contributed by atoms with Gasteiger partial charge in [-0.3, -0.25) is 4.79 Å². The monoisotopic (exact) mass is 278 g/mol. The minimum atomic E-state index is -0.177. The molecule has 5 nitrogen and oxygen atoms in total. The van der Waals surface area contributed by atoms with E-state index in [4.69, 9.17) is 16.9 Å². The van der Waals surface area contributed by atoms with Gasteiger partial charge in [-0.25, -0.2) is 4.99 Å². The molecule has 100 valence electrons. The highest BCUT2D eigenvalue weighted by molar-refractivity contribution is 6.19. The Morgan fingerprint density at radius 2 is 2.32 bits per heavy atom. The van der Waals surface area contributed by atoms with Crippen molar-refractivity contribution >= 4 is 35.2 Å². The predicted molar refractivity (Wildman–Crippen MR) is 77.0 cm³/mol. The molecule has 0 aliphatic carbocycles. The fourth-order valence-electron chi connectivity index (χ4n) is 1.30. The number of nitriles is 1. The summed E-state index contributed by atoms with van der Waals surface area (Å²) in [6.45, 7) is 0. The summed E-state index contributed by atoms with van der Waals surface area (Å²) < 4.78 is 0. The third-order valence-electron chi connectivity index (χ3n) is 2.15. The number of hydrogen-bond donors (Lipinski definition) is 1. The largest absolute Gasteiger partial charge is 0.369 e. The minimum Gasteiger partial charge on any atom is -0.369 e. The SMILES string of the molecule is CN(C)C=Nc1ccc(NC(=O)CCCl)cc1C#N. The van der Waals surface area contributed by atoms with Crippen molar-refractivity contribution in [3.8, 4) is 6.07 Å². The molecule has 0 saturated carbocycles. The highest BCUT2D eigenvalue weighted by Crippen LogP contribution is 2.22. The summed E-state index contributed by atoms with van der Waals surface area (Å²) in [5.41, 5.74) is 1.53. The van der Waals surface area contributed by atoms with Crippen LogP contribution in [-0.2, 0) is 4.79 Å². The van der Waals surface area contributed by atoms with E-state index in [2.05, 4.69) is 16.4 Å². The molecular weight excluding hydrogens is 264 g/mol. The fourth-order valence-corrected chi connectivity index (χ4v) is 1.47. The second kappa shape index (κ2) is 7.39. The highest BCUT2D eigenvalue weighted by Gasteiger charge is 2.05. The van der Waals surface area contributed by atoms with Gasteiger partial charge in [-0.05, 0) is 18.2 Å². The van der Waals surface area contributed by atoms with Crippen LogP contribution < -0.4 is 5.32 Å². The molecule has 0 heterocycles. The minimum absolute atomic E-state index is 0.177. The van der Waals surface area contributed by atoms with Crippen molar-refractivity contribution in [1.82, 2.24) is 4.90 Å². The van der Waals surface area contributed by atoms with Gasteiger partial charge in [0.1, 0.15) is 6.07 Å². The van der Waals surface area contributed by atoms with E-state index in [1.807, 2.05) is 14.1 Å². The van der Waals surface area contributed by atoms with Gasteiger partial charge in [-0.2, -0.15) is 5.26 Å². The standard InChI is InChI=1S/C13H15ClN4O/c1-18(2)9-16-12-4-3-11(7-10(12)8-15)17-13(19)5-6-14/h3-4,7,9H,5-6H2,1-2H3,(H,17,19). The lowest BCUT2D eigenvalue weighted by atomic mass is 10.1. The number of benzene rings is 1. The Hall–Kier alpha value is -2.06. The van der Waals surface area contributed by atoms with E-state index >= 15 is 0 Å². The van der Waals surface area contributed by atoms with Gasteiger partial charge in [0.2, 0.25) is 5.91 Å². The maximum absolute atomic E-state index is 11.4. The van der Waals surface area contributed by atoms with Crippen molar-refractivity contribution in [1.29, 1.82) is 5.26 Å². The van der Waals surface area contributed by atoms with Crippen LogP contribution in [0.25, 0.3) is 0 Å². The zero-order chi connectivity index (χ0) is 14.3. The molecule has 0 radical (unpaired) electrons. The number of rotatable bonds is 5. The number of halogens is 1. The van der Waals surface area contributed by atoms with Gasteiger partial charge in [-0.15, -0.1) is 11.6 Å². The van der Waals surface area contributed by atoms with Crippen LogP contribution in [0.15, 0.2) is 23.2 Å². The average molecular weight is 279 g/mol. The predicted octanol–water partition coefficient (Wildman–Crippen LogP) is 2.35. The van der Waals surface area contributed by atoms with E-state index in [-0.39, 0.29) is 18.2 Å². The van der Waals surface area contributed by atoms with Crippen molar-refractivity contribution in [3.05, 3.63) is 23.8 Å². The molecule has 1 aromatic rings. The molecule has 0 spiro atoms. The van der Waals surface area contributed by atoms with Crippen molar-refractivity contribution in [2.75, 3.05) is 25.3 Å². The van der Waals surface area contributed by atoms with Crippen molar-refractivity contribution in [2.45, 2.75) is 6.42 Å². The molecule has 0 aliphatic heterocycles. The molecule has 0 aliphatic rings. The van der Waals surface area contributed by atoms with E-state index in [0.29, 0.717) is 16.9 Å². The van der Waals surface area contributed by atoms with Crippen LogP contribution in [0.5, 0.6) is 0 Å². The van der Waals surface area contributed by atoms with Crippen molar-refractivity contribution < 1.29 is 4.79 Å². The number of aliphatic imine (C=N–C) groups is 1. The van der Waals surface area contributed by atoms with Crippen LogP contribution in [-0.4, -0.2) is 37.1 Å². The first kappa shape index (κ1) is 15.0. The van der Waals surface area contributed by atoms with E-state index in [1.54, 1.807) is 29.4 Å². The van der Waals surface area contributed by atoms with Crippen LogP contribution in [0.2, 0.25) is 0 Å². The van der Waals surface area contributed by atoms with Crippen LogP contribution >= 0.6 is 11.6 Å². The molecule has 0 saturated heterocycles. The second-order valence-electron chi connectivity index (χ2n) is 4.04. The molecule has 1 N–H and O–H groups in total. The Bertz CT molecular complexity index is 520. The van der Waals surface area contributed by atoms with Crippen LogP contribution in [0.1, 0.15) is 12.0 Å². The first-order chi connectivity index (χ1) is 9.06. The smallest absolute Gasteiger partial charge is 0.225 e. The summed E-state index contributed by atoms with van der Waals surface area (Å²) in [5, 5.41) is 11.7. The van der Waals surface area contributed by atoms with E-state index < -0.39 is 0 Å². The number of anilines is 1. The quantitative estimate of drug-likeness (QED) is 0.511. The van der Waals surface area contributed by atoms with Gasteiger partial charge >= 0.3 is 0 Å². The third-order valence-corrected chi connectivity index (χ3v) is 2.34. The van der Waals surface area contributed by atoms with E-state index in [9.17, 15) is 4.79 Å². The summed E-state index contributed by atoms with van der Waals surface area (Å²) in [6, 6.07) is 7.04. The molecule has 1 rings (SSSR count). The Kier molecular flexibility index (Phi) is 5.83. The number of hydrogen-bond acceptors (Lipinski definition) is 3. The molecule has 1 amide bonds.